The SMILES string of the molecule is CC1(C)CC(OC(=O)C2CCC(C(=O)O)CC2)CC(C)(C)N1OCc1ccccc1. The van der Waals surface area contributed by atoms with Crippen molar-refractivity contribution in [3.05, 3.63) is 35.9 Å². The van der Waals surface area contributed by atoms with Crippen LogP contribution in [0.3, 0.4) is 0 Å². The van der Waals surface area contributed by atoms with Gasteiger partial charge in [-0.15, -0.1) is 0 Å². The van der Waals surface area contributed by atoms with E-state index in [0.717, 1.165) is 5.56 Å². The number of piperidine rings is 1. The lowest BCUT2D eigenvalue weighted by atomic mass is 9.79. The molecule has 30 heavy (non-hydrogen) atoms. The topological polar surface area (TPSA) is 76.1 Å². The van der Waals surface area contributed by atoms with E-state index >= 15 is 0 Å². The van der Waals surface area contributed by atoms with E-state index in [1.807, 2.05) is 30.3 Å². The number of esters is 1. The zero-order valence-corrected chi connectivity index (χ0v) is 18.6. The second kappa shape index (κ2) is 9.06. The predicted molar refractivity (Wildman–Crippen MR) is 113 cm³/mol. The summed E-state index contributed by atoms with van der Waals surface area (Å²) in [6.07, 6.45) is 3.53. The Labute approximate surface area is 179 Å². The molecule has 0 aromatic heterocycles. The summed E-state index contributed by atoms with van der Waals surface area (Å²) in [6, 6.07) is 10.1. The molecule has 1 aliphatic carbocycles. The molecule has 2 fully saturated rings. The molecule has 0 atom stereocenters. The summed E-state index contributed by atoms with van der Waals surface area (Å²) >= 11 is 0. The summed E-state index contributed by atoms with van der Waals surface area (Å²) in [5.41, 5.74) is 0.542. The molecule has 3 rings (SSSR count). The van der Waals surface area contributed by atoms with E-state index < -0.39 is 5.97 Å². The van der Waals surface area contributed by atoms with Gasteiger partial charge in [-0.25, -0.2) is 0 Å². The van der Waals surface area contributed by atoms with Crippen LogP contribution in [0.4, 0.5) is 0 Å². The Bertz CT molecular complexity index is 719. The molecule has 0 radical (unpaired) electrons. The summed E-state index contributed by atoms with van der Waals surface area (Å²) in [5, 5.41) is 11.2. The highest BCUT2D eigenvalue weighted by atomic mass is 16.7. The number of ether oxygens (including phenoxy) is 1. The summed E-state index contributed by atoms with van der Waals surface area (Å²) < 4.78 is 5.94. The Morgan fingerprint density at radius 3 is 2.03 bits per heavy atom. The molecule has 166 valence electrons. The van der Waals surface area contributed by atoms with Crippen LogP contribution in [-0.4, -0.2) is 39.3 Å². The van der Waals surface area contributed by atoms with Gasteiger partial charge in [0.05, 0.1) is 18.4 Å². The van der Waals surface area contributed by atoms with Crippen LogP contribution in [0.25, 0.3) is 0 Å². The zero-order chi connectivity index (χ0) is 21.9. The van der Waals surface area contributed by atoms with Gasteiger partial charge in [0.1, 0.15) is 6.10 Å². The first kappa shape index (κ1) is 22.8. The second-order valence-corrected chi connectivity index (χ2v) is 10.0. The Balaban J connectivity index is 1.57. The van der Waals surface area contributed by atoms with E-state index in [4.69, 9.17) is 14.7 Å². The van der Waals surface area contributed by atoms with Crippen molar-refractivity contribution in [3.63, 3.8) is 0 Å². The molecule has 1 saturated heterocycles. The molecule has 1 heterocycles. The third-order valence-electron chi connectivity index (χ3n) is 6.45. The molecule has 1 N–H and O–H groups in total. The van der Waals surface area contributed by atoms with Gasteiger partial charge in [0, 0.05) is 23.9 Å². The van der Waals surface area contributed by atoms with Crippen molar-refractivity contribution >= 4 is 11.9 Å². The number of hydrogen-bond acceptors (Lipinski definition) is 5. The van der Waals surface area contributed by atoms with Crippen molar-refractivity contribution in [1.82, 2.24) is 5.06 Å². The lowest BCUT2D eigenvalue weighted by molar-refractivity contribution is -0.300. The van der Waals surface area contributed by atoms with E-state index in [1.54, 1.807) is 0 Å². The van der Waals surface area contributed by atoms with Gasteiger partial charge in [-0.1, -0.05) is 30.3 Å². The third-order valence-corrected chi connectivity index (χ3v) is 6.45. The van der Waals surface area contributed by atoms with Gasteiger partial charge in [0.25, 0.3) is 0 Å². The van der Waals surface area contributed by atoms with Crippen LogP contribution in [0.1, 0.15) is 71.8 Å². The summed E-state index contributed by atoms with van der Waals surface area (Å²) in [6.45, 7) is 9.00. The van der Waals surface area contributed by atoms with Crippen LogP contribution in [-0.2, 0) is 25.8 Å². The molecular weight excluding hydrogens is 382 g/mol. The maximum absolute atomic E-state index is 12.7. The van der Waals surface area contributed by atoms with Crippen molar-refractivity contribution in [2.45, 2.75) is 90.0 Å². The first-order chi connectivity index (χ1) is 14.1. The fourth-order valence-corrected chi connectivity index (χ4v) is 5.15. The normalized spacial score (nSPS) is 26.8. The Hall–Kier alpha value is -1.92. The fraction of sp³-hybridized carbons (Fsp3) is 0.667. The molecule has 1 aromatic carbocycles. The first-order valence-electron chi connectivity index (χ1n) is 11.0. The standard InChI is InChI=1S/C24H35NO5/c1-23(2)14-20(30-22(28)19-12-10-18(11-13-19)21(26)27)15-24(3,4)25(23)29-16-17-8-6-5-7-9-17/h5-9,18-20H,10-16H2,1-4H3,(H,26,27). The van der Waals surface area contributed by atoms with Gasteiger partial charge in [-0.05, 0) is 58.9 Å². The molecule has 0 bridgehead atoms. The van der Waals surface area contributed by atoms with Gasteiger partial charge < -0.3 is 9.84 Å². The monoisotopic (exact) mass is 417 g/mol. The molecule has 2 aliphatic rings. The molecule has 0 unspecified atom stereocenters. The van der Waals surface area contributed by atoms with Crippen LogP contribution < -0.4 is 0 Å². The minimum atomic E-state index is -0.756. The molecular formula is C24H35NO5. The number of carboxylic acid groups (broad SMARTS) is 1. The molecule has 6 heteroatoms. The maximum Gasteiger partial charge on any atom is 0.309 e. The highest BCUT2D eigenvalue weighted by molar-refractivity contribution is 5.74. The van der Waals surface area contributed by atoms with E-state index in [2.05, 4.69) is 32.8 Å². The number of aliphatic carboxylic acids is 1. The largest absolute Gasteiger partial charge is 0.481 e. The molecule has 1 saturated carbocycles. The Morgan fingerprint density at radius 2 is 1.50 bits per heavy atom. The molecule has 6 nitrogen and oxygen atoms in total. The number of hydrogen-bond donors (Lipinski definition) is 1. The van der Waals surface area contributed by atoms with Gasteiger partial charge in [0.15, 0.2) is 0 Å². The molecule has 0 amide bonds. The average Bonchev–Trinajstić information content (AvgIpc) is 2.67. The lowest BCUT2D eigenvalue weighted by Gasteiger charge is -2.53. The minimum Gasteiger partial charge on any atom is -0.481 e. The summed E-state index contributed by atoms with van der Waals surface area (Å²) in [5.74, 6) is -1.43. The summed E-state index contributed by atoms with van der Waals surface area (Å²) in [4.78, 5) is 30.1. The maximum atomic E-state index is 12.7. The van der Waals surface area contributed by atoms with Crippen LogP contribution in [0, 0.1) is 11.8 Å². The Morgan fingerprint density at radius 1 is 0.967 bits per heavy atom. The number of hydroxylamine groups is 2. The quantitative estimate of drug-likeness (QED) is 0.683. The van der Waals surface area contributed by atoms with Crippen molar-refractivity contribution in [2.24, 2.45) is 11.8 Å². The van der Waals surface area contributed by atoms with Gasteiger partial charge in [-0.3, -0.25) is 14.4 Å². The first-order valence-corrected chi connectivity index (χ1v) is 11.0. The van der Waals surface area contributed by atoms with Crippen LogP contribution in [0.15, 0.2) is 30.3 Å². The highest BCUT2D eigenvalue weighted by Gasteiger charge is 2.48. The van der Waals surface area contributed by atoms with Gasteiger partial charge >= 0.3 is 11.9 Å². The van der Waals surface area contributed by atoms with Gasteiger partial charge in [0.2, 0.25) is 0 Å². The van der Waals surface area contributed by atoms with Crippen molar-refractivity contribution < 1.29 is 24.3 Å². The van der Waals surface area contributed by atoms with E-state index in [1.165, 1.54) is 0 Å². The van der Waals surface area contributed by atoms with Crippen molar-refractivity contribution in [3.8, 4) is 0 Å². The third kappa shape index (κ3) is 5.41. The smallest absolute Gasteiger partial charge is 0.309 e. The number of nitrogens with zero attached hydrogens (tertiary/aromatic N) is 1. The van der Waals surface area contributed by atoms with Crippen molar-refractivity contribution in [1.29, 1.82) is 0 Å². The number of benzene rings is 1. The minimum absolute atomic E-state index is 0.170. The zero-order valence-electron chi connectivity index (χ0n) is 18.6. The number of carbonyl (C=O) groups is 2. The van der Waals surface area contributed by atoms with Crippen LogP contribution >= 0.6 is 0 Å². The van der Waals surface area contributed by atoms with Crippen molar-refractivity contribution in [2.75, 3.05) is 0 Å². The van der Waals surface area contributed by atoms with Crippen LogP contribution in [0.5, 0.6) is 0 Å². The van der Waals surface area contributed by atoms with Gasteiger partial charge in [-0.2, -0.15) is 5.06 Å². The predicted octanol–water partition coefficient (Wildman–Crippen LogP) is 4.57. The lowest BCUT2D eigenvalue weighted by Crippen LogP contribution is -2.62. The molecule has 1 aliphatic heterocycles. The van der Waals surface area contributed by atoms with E-state index in [9.17, 15) is 9.59 Å². The average molecular weight is 418 g/mol. The van der Waals surface area contributed by atoms with E-state index in [0.29, 0.717) is 45.1 Å². The number of carbonyl (C=O) groups excluding carboxylic acids is 1. The fourth-order valence-electron chi connectivity index (χ4n) is 5.15. The Kier molecular flexibility index (Phi) is 6.88. The molecule has 1 aromatic rings. The summed E-state index contributed by atoms with van der Waals surface area (Å²) in [7, 11) is 0. The van der Waals surface area contributed by atoms with E-state index in [-0.39, 0.29) is 35.0 Å². The second-order valence-electron chi connectivity index (χ2n) is 10.0. The number of carboxylic acids is 1. The molecule has 0 spiro atoms. The van der Waals surface area contributed by atoms with Crippen LogP contribution in [0.2, 0.25) is 0 Å². The highest BCUT2D eigenvalue weighted by Crippen LogP contribution is 2.41. The number of rotatable bonds is 6.